The van der Waals surface area contributed by atoms with Crippen LogP contribution in [0.5, 0.6) is 0 Å². The highest BCUT2D eigenvalue weighted by Gasteiger charge is 2.27. The summed E-state index contributed by atoms with van der Waals surface area (Å²) in [5.41, 5.74) is 1.15. The van der Waals surface area contributed by atoms with Crippen LogP contribution in [0.2, 0.25) is 0 Å². The summed E-state index contributed by atoms with van der Waals surface area (Å²) >= 11 is 0. The summed E-state index contributed by atoms with van der Waals surface area (Å²) in [6.45, 7) is 1.83. The molecule has 0 saturated carbocycles. The number of carbonyl (C=O) groups is 3. The second-order valence-corrected chi connectivity index (χ2v) is 3.45. The molecule has 90 valence electrons. The quantitative estimate of drug-likeness (QED) is 0.652. The van der Waals surface area contributed by atoms with E-state index in [-0.39, 0.29) is 5.56 Å². The Morgan fingerprint density at radius 1 is 1.06 bits per heavy atom. The van der Waals surface area contributed by atoms with Crippen LogP contribution in [-0.4, -0.2) is 34.1 Å². The Morgan fingerprint density at radius 2 is 1.53 bits per heavy atom. The SMILES string of the molecule is Cc1ccc(C(=O)NC(C(=O)O)C(=O)O)cc1. The van der Waals surface area contributed by atoms with Gasteiger partial charge in [0.15, 0.2) is 0 Å². The van der Waals surface area contributed by atoms with Gasteiger partial charge in [0, 0.05) is 5.56 Å². The molecule has 1 amide bonds. The second-order valence-electron chi connectivity index (χ2n) is 3.45. The molecule has 0 radical (unpaired) electrons. The molecule has 0 saturated heterocycles. The van der Waals surface area contributed by atoms with Crippen molar-refractivity contribution in [3.05, 3.63) is 35.4 Å². The van der Waals surface area contributed by atoms with Crippen LogP contribution in [0.25, 0.3) is 0 Å². The predicted octanol–water partition coefficient (Wildman–Crippen LogP) is 0.263. The van der Waals surface area contributed by atoms with Crippen molar-refractivity contribution in [3.8, 4) is 0 Å². The summed E-state index contributed by atoms with van der Waals surface area (Å²) in [4.78, 5) is 32.7. The molecule has 6 nitrogen and oxygen atoms in total. The second kappa shape index (κ2) is 5.11. The van der Waals surface area contributed by atoms with Crippen LogP contribution < -0.4 is 5.32 Å². The lowest BCUT2D eigenvalue weighted by Gasteiger charge is -2.09. The number of benzene rings is 1. The first kappa shape index (κ1) is 12.7. The molecule has 0 aromatic heterocycles. The molecule has 1 aromatic rings. The van der Waals surface area contributed by atoms with E-state index in [2.05, 4.69) is 0 Å². The largest absolute Gasteiger partial charge is 0.479 e. The summed E-state index contributed by atoms with van der Waals surface area (Å²) in [7, 11) is 0. The molecule has 0 aliphatic heterocycles. The van der Waals surface area contributed by atoms with Gasteiger partial charge in [-0.25, -0.2) is 9.59 Å². The van der Waals surface area contributed by atoms with Crippen molar-refractivity contribution in [2.75, 3.05) is 0 Å². The Balaban J connectivity index is 2.81. The van der Waals surface area contributed by atoms with E-state index in [1.807, 2.05) is 12.2 Å². The Labute approximate surface area is 96.9 Å². The number of amides is 1. The minimum atomic E-state index is -1.94. The maximum absolute atomic E-state index is 11.5. The van der Waals surface area contributed by atoms with Crippen molar-refractivity contribution in [2.24, 2.45) is 0 Å². The lowest BCUT2D eigenvalue weighted by atomic mass is 10.1. The van der Waals surface area contributed by atoms with Crippen LogP contribution in [0.4, 0.5) is 0 Å². The van der Waals surface area contributed by atoms with Gasteiger partial charge in [-0.15, -0.1) is 0 Å². The highest BCUT2D eigenvalue weighted by Crippen LogP contribution is 2.03. The minimum Gasteiger partial charge on any atom is -0.479 e. The summed E-state index contributed by atoms with van der Waals surface area (Å²) in [6.07, 6.45) is 0. The molecule has 1 aromatic carbocycles. The van der Waals surface area contributed by atoms with Crippen LogP contribution in [0.3, 0.4) is 0 Å². The molecule has 0 unspecified atom stereocenters. The van der Waals surface area contributed by atoms with Gasteiger partial charge >= 0.3 is 11.9 Å². The van der Waals surface area contributed by atoms with Crippen molar-refractivity contribution in [1.29, 1.82) is 0 Å². The van der Waals surface area contributed by atoms with E-state index in [1.54, 1.807) is 12.1 Å². The summed E-state index contributed by atoms with van der Waals surface area (Å²) in [5, 5.41) is 19.1. The molecular weight excluding hydrogens is 226 g/mol. The number of rotatable bonds is 4. The number of hydrogen-bond donors (Lipinski definition) is 3. The van der Waals surface area contributed by atoms with E-state index in [4.69, 9.17) is 10.2 Å². The fourth-order valence-electron chi connectivity index (χ4n) is 1.15. The van der Waals surface area contributed by atoms with Gasteiger partial charge in [-0.3, -0.25) is 4.79 Å². The smallest absolute Gasteiger partial charge is 0.338 e. The fourth-order valence-corrected chi connectivity index (χ4v) is 1.15. The van der Waals surface area contributed by atoms with Gasteiger partial charge < -0.3 is 15.5 Å². The van der Waals surface area contributed by atoms with Gasteiger partial charge in [0.2, 0.25) is 6.04 Å². The van der Waals surface area contributed by atoms with E-state index in [0.29, 0.717) is 0 Å². The molecule has 17 heavy (non-hydrogen) atoms. The van der Waals surface area contributed by atoms with Crippen molar-refractivity contribution in [2.45, 2.75) is 13.0 Å². The predicted molar refractivity (Wildman–Crippen MR) is 57.7 cm³/mol. The third-order valence-electron chi connectivity index (χ3n) is 2.08. The van der Waals surface area contributed by atoms with Crippen molar-refractivity contribution in [3.63, 3.8) is 0 Å². The first-order chi connectivity index (χ1) is 7.91. The molecule has 0 aliphatic rings. The van der Waals surface area contributed by atoms with E-state index in [1.165, 1.54) is 12.1 Å². The average molecular weight is 237 g/mol. The molecule has 0 atom stereocenters. The van der Waals surface area contributed by atoms with E-state index in [9.17, 15) is 14.4 Å². The zero-order valence-corrected chi connectivity index (χ0v) is 9.01. The Kier molecular flexibility index (Phi) is 3.82. The average Bonchev–Trinajstić information content (AvgIpc) is 2.25. The number of carboxylic acid groups (broad SMARTS) is 2. The number of hydrogen-bond acceptors (Lipinski definition) is 3. The highest BCUT2D eigenvalue weighted by molar-refractivity contribution is 6.04. The number of nitrogens with one attached hydrogen (secondary N) is 1. The van der Waals surface area contributed by atoms with Crippen LogP contribution in [0.15, 0.2) is 24.3 Å². The molecule has 0 aliphatic carbocycles. The number of carboxylic acids is 2. The molecule has 0 heterocycles. The highest BCUT2D eigenvalue weighted by atomic mass is 16.4. The Hall–Kier alpha value is -2.37. The van der Waals surface area contributed by atoms with E-state index in [0.717, 1.165) is 5.56 Å². The van der Waals surface area contributed by atoms with Crippen LogP contribution >= 0.6 is 0 Å². The molecule has 1 rings (SSSR count). The van der Waals surface area contributed by atoms with Gasteiger partial charge in [0.1, 0.15) is 0 Å². The third-order valence-corrected chi connectivity index (χ3v) is 2.08. The maximum atomic E-state index is 11.5. The minimum absolute atomic E-state index is 0.211. The normalized spacial score (nSPS) is 10.0. The number of carbonyl (C=O) groups excluding carboxylic acids is 1. The molecule has 6 heteroatoms. The Bertz CT molecular complexity index is 437. The van der Waals surface area contributed by atoms with Crippen molar-refractivity contribution in [1.82, 2.24) is 5.32 Å². The van der Waals surface area contributed by atoms with Crippen LogP contribution in [-0.2, 0) is 9.59 Å². The zero-order valence-electron chi connectivity index (χ0n) is 9.01. The number of aliphatic carboxylic acids is 2. The summed E-state index contributed by atoms with van der Waals surface area (Å²) in [5.74, 6) is -3.96. The lowest BCUT2D eigenvalue weighted by Crippen LogP contribution is -2.46. The zero-order chi connectivity index (χ0) is 13.0. The van der Waals surface area contributed by atoms with Gasteiger partial charge in [0.25, 0.3) is 5.91 Å². The van der Waals surface area contributed by atoms with Gasteiger partial charge in [0.05, 0.1) is 0 Å². The van der Waals surface area contributed by atoms with Crippen LogP contribution in [0, 0.1) is 6.92 Å². The third kappa shape index (κ3) is 3.30. The first-order valence-corrected chi connectivity index (χ1v) is 4.75. The molecule has 0 spiro atoms. The van der Waals surface area contributed by atoms with E-state index >= 15 is 0 Å². The Morgan fingerprint density at radius 3 is 1.94 bits per heavy atom. The monoisotopic (exact) mass is 237 g/mol. The van der Waals surface area contributed by atoms with Crippen molar-refractivity contribution >= 4 is 17.8 Å². The molecule has 0 fully saturated rings. The topological polar surface area (TPSA) is 104 Å². The molecule has 3 N–H and O–H groups in total. The number of aryl methyl sites for hydroxylation is 1. The molecule has 0 bridgehead atoms. The maximum Gasteiger partial charge on any atom is 0.338 e. The lowest BCUT2D eigenvalue weighted by molar-refractivity contribution is -0.150. The van der Waals surface area contributed by atoms with Crippen LogP contribution in [0.1, 0.15) is 15.9 Å². The van der Waals surface area contributed by atoms with Gasteiger partial charge in [-0.05, 0) is 19.1 Å². The summed E-state index contributed by atoms with van der Waals surface area (Å²) in [6, 6.07) is 4.39. The van der Waals surface area contributed by atoms with Gasteiger partial charge in [-0.1, -0.05) is 17.7 Å². The van der Waals surface area contributed by atoms with Gasteiger partial charge in [-0.2, -0.15) is 0 Å². The standard InChI is InChI=1S/C11H11NO5/c1-6-2-4-7(5-3-6)9(13)12-8(10(14)15)11(16)17/h2-5,8H,1H3,(H,12,13)(H,14,15)(H,16,17). The van der Waals surface area contributed by atoms with Crippen molar-refractivity contribution < 1.29 is 24.6 Å². The fraction of sp³-hybridized carbons (Fsp3) is 0.182. The summed E-state index contributed by atoms with van der Waals surface area (Å²) < 4.78 is 0. The molecular formula is C11H11NO5. The van der Waals surface area contributed by atoms with E-state index < -0.39 is 23.9 Å². The first-order valence-electron chi connectivity index (χ1n) is 4.75.